The molecule has 0 spiro atoms. The van der Waals surface area contributed by atoms with Gasteiger partial charge in [0.25, 0.3) is 0 Å². The highest BCUT2D eigenvalue weighted by Gasteiger charge is 2.36. The second kappa shape index (κ2) is 6.61. The zero-order valence-electron chi connectivity index (χ0n) is 13.9. The fourth-order valence-corrected chi connectivity index (χ4v) is 3.00. The summed E-state index contributed by atoms with van der Waals surface area (Å²) in [7, 11) is 1.88. The lowest BCUT2D eigenvalue weighted by Gasteiger charge is -2.37. The first-order valence-corrected chi connectivity index (χ1v) is 7.88. The quantitative estimate of drug-likeness (QED) is 0.870. The molecule has 1 aromatic rings. The van der Waals surface area contributed by atoms with Crippen LogP contribution in [0.25, 0.3) is 0 Å². The molecular formula is C18H26N2O2. The molecule has 0 radical (unpaired) electrons. The first-order valence-electron chi connectivity index (χ1n) is 7.88. The van der Waals surface area contributed by atoms with E-state index in [4.69, 9.17) is 0 Å². The largest absolute Gasteiger partial charge is 0.315 e. The predicted molar refractivity (Wildman–Crippen MR) is 87.4 cm³/mol. The summed E-state index contributed by atoms with van der Waals surface area (Å²) in [6.45, 7) is 6.78. The van der Waals surface area contributed by atoms with Gasteiger partial charge in [-0.05, 0) is 18.0 Å². The topological polar surface area (TPSA) is 49.4 Å². The minimum absolute atomic E-state index is 0.00834. The van der Waals surface area contributed by atoms with Crippen LogP contribution >= 0.6 is 0 Å². The van der Waals surface area contributed by atoms with Gasteiger partial charge in [-0.15, -0.1) is 0 Å². The number of amides is 2. The van der Waals surface area contributed by atoms with Crippen molar-refractivity contribution in [2.45, 2.75) is 45.6 Å². The summed E-state index contributed by atoms with van der Waals surface area (Å²) in [6, 6.07) is 9.93. The van der Waals surface area contributed by atoms with Crippen LogP contribution < -0.4 is 5.32 Å². The molecule has 2 amide bonds. The fraction of sp³-hybridized carbons (Fsp3) is 0.556. The Labute approximate surface area is 132 Å². The van der Waals surface area contributed by atoms with Crippen LogP contribution in [0.15, 0.2) is 30.3 Å². The van der Waals surface area contributed by atoms with E-state index >= 15 is 0 Å². The molecule has 1 aliphatic heterocycles. The van der Waals surface area contributed by atoms with Crippen LogP contribution in [0.5, 0.6) is 0 Å². The Hall–Kier alpha value is -1.68. The predicted octanol–water partition coefficient (Wildman–Crippen LogP) is 2.55. The van der Waals surface area contributed by atoms with Crippen LogP contribution in [0.4, 0.5) is 0 Å². The average molecular weight is 302 g/mol. The maximum absolute atomic E-state index is 12.4. The normalized spacial score (nSPS) is 18.6. The number of likely N-dealkylation sites (tertiary alicyclic amines) is 1. The highest BCUT2D eigenvalue weighted by molar-refractivity contribution is 5.98. The van der Waals surface area contributed by atoms with E-state index < -0.39 is 0 Å². The van der Waals surface area contributed by atoms with Crippen molar-refractivity contribution < 1.29 is 9.59 Å². The summed E-state index contributed by atoms with van der Waals surface area (Å²) in [6.07, 6.45) is 0.826. The van der Waals surface area contributed by atoms with E-state index in [1.165, 1.54) is 4.90 Å². The average Bonchev–Trinajstić information content (AvgIpc) is 2.46. The third-order valence-electron chi connectivity index (χ3n) is 4.47. The molecular weight excluding hydrogens is 276 g/mol. The van der Waals surface area contributed by atoms with Gasteiger partial charge in [-0.1, -0.05) is 51.1 Å². The van der Waals surface area contributed by atoms with Crippen LogP contribution in [0, 0.1) is 5.41 Å². The molecule has 1 aromatic carbocycles. The second-order valence-corrected chi connectivity index (χ2v) is 7.12. The maximum atomic E-state index is 12.4. The summed E-state index contributed by atoms with van der Waals surface area (Å²) >= 11 is 0. The third-order valence-corrected chi connectivity index (χ3v) is 4.47. The van der Waals surface area contributed by atoms with Gasteiger partial charge in [0.1, 0.15) is 0 Å². The number of rotatable bonds is 4. The number of hydrogen-bond acceptors (Lipinski definition) is 3. The first kappa shape index (κ1) is 16.7. The van der Waals surface area contributed by atoms with Gasteiger partial charge < -0.3 is 5.32 Å². The van der Waals surface area contributed by atoms with Gasteiger partial charge in [0.15, 0.2) is 0 Å². The van der Waals surface area contributed by atoms with Gasteiger partial charge in [0.2, 0.25) is 11.8 Å². The number of hydrogen-bond donors (Lipinski definition) is 1. The summed E-state index contributed by atoms with van der Waals surface area (Å²) < 4.78 is 0. The molecule has 1 N–H and O–H groups in total. The molecule has 1 fully saturated rings. The minimum atomic E-state index is -0.0606. The first-order chi connectivity index (χ1) is 10.3. The summed E-state index contributed by atoms with van der Waals surface area (Å²) in [5.41, 5.74) is 1.07. The molecule has 0 aromatic heterocycles. The second-order valence-electron chi connectivity index (χ2n) is 7.12. The SMILES string of the molecule is CNC(CN1C(=O)CC(c2ccccc2)CC1=O)C(C)(C)C. The third kappa shape index (κ3) is 3.74. The van der Waals surface area contributed by atoms with Gasteiger partial charge in [-0.2, -0.15) is 0 Å². The Morgan fingerprint density at radius 1 is 1.14 bits per heavy atom. The van der Waals surface area contributed by atoms with E-state index in [0.717, 1.165) is 5.56 Å². The van der Waals surface area contributed by atoms with E-state index in [9.17, 15) is 9.59 Å². The molecule has 2 rings (SSSR count). The van der Waals surface area contributed by atoms with Gasteiger partial charge in [-0.3, -0.25) is 14.5 Å². The lowest BCUT2D eigenvalue weighted by Crippen LogP contribution is -2.52. The Bertz CT molecular complexity index is 516. The standard InChI is InChI=1S/C18H26N2O2/c1-18(2,3)15(19-4)12-20-16(21)10-14(11-17(20)22)13-8-6-5-7-9-13/h5-9,14-15,19H,10-12H2,1-4H3. The summed E-state index contributed by atoms with van der Waals surface area (Å²) in [5.74, 6) is -0.107. The maximum Gasteiger partial charge on any atom is 0.229 e. The molecule has 4 nitrogen and oxygen atoms in total. The fourth-order valence-electron chi connectivity index (χ4n) is 3.00. The lowest BCUT2D eigenvalue weighted by molar-refractivity contribution is -0.149. The van der Waals surface area contributed by atoms with Crippen molar-refractivity contribution in [1.82, 2.24) is 10.2 Å². The molecule has 0 aliphatic carbocycles. The molecule has 0 bridgehead atoms. The van der Waals surface area contributed by atoms with Crippen molar-refractivity contribution in [2.24, 2.45) is 5.41 Å². The molecule has 1 unspecified atom stereocenters. The highest BCUT2D eigenvalue weighted by Crippen LogP contribution is 2.30. The molecule has 0 saturated carbocycles. The van der Waals surface area contributed by atoms with E-state index in [0.29, 0.717) is 19.4 Å². The number of benzene rings is 1. The molecule has 1 aliphatic rings. The number of nitrogens with one attached hydrogen (secondary N) is 1. The summed E-state index contributed by atoms with van der Waals surface area (Å²) in [5, 5.41) is 3.23. The van der Waals surface area contributed by atoms with Crippen LogP contribution in [0.2, 0.25) is 0 Å². The Kier molecular flexibility index (Phi) is 5.01. The monoisotopic (exact) mass is 302 g/mol. The number of likely N-dealkylation sites (N-methyl/N-ethyl adjacent to an activating group) is 1. The molecule has 4 heteroatoms. The molecule has 1 saturated heterocycles. The van der Waals surface area contributed by atoms with Crippen molar-refractivity contribution in [2.75, 3.05) is 13.6 Å². The van der Waals surface area contributed by atoms with Crippen molar-refractivity contribution in [3.05, 3.63) is 35.9 Å². The van der Waals surface area contributed by atoms with E-state index in [1.54, 1.807) is 0 Å². The minimum Gasteiger partial charge on any atom is -0.315 e. The van der Waals surface area contributed by atoms with E-state index in [2.05, 4.69) is 26.1 Å². The van der Waals surface area contributed by atoms with Gasteiger partial charge in [-0.25, -0.2) is 0 Å². The number of piperidine rings is 1. The zero-order chi connectivity index (χ0) is 16.3. The van der Waals surface area contributed by atoms with Gasteiger partial charge in [0, 0.05) is 31.3 Å². The van der Waals surface area contributed by atoms with Crippen LogP contribution in [0.3, 0.4) is 0 Å². The van der Waals surface area contributed by atoms with E-state index in [-0.39, 0.29) is 29.2 Å². The molecule has 22 heavy (non-hydrogen) atoms. The van der Waals surface area contributed by atoms with Crippen LogP contribution in [0.1, 0.15) is 45.1 Å². The van der Waals surface area contributed by atoms with Gasteiger partial charge >= 0.3 is 0 Å². The Morgan fingerprint density at radius 2 is 1.68 bits per heavy atom. The molecule has 1 atom stereocenters. The number of carbonyl (C=O) groups excluding carboxylic acids is 2. The van der Waals surface area contributed by atoms with Crippen molar-refractivity contribution in [3.8, 4) is 0 Å². The highest BCUT2D eigenvalue weighted by atomic mass is 16.2. The van der Waals surface area contributed by atoms with Crippen LogP contribution in [-0.2, 0) is 9.59 Å². The number of nitrogens with zero attached hydrogens (tertiary/aromatic N) is 1. The van der Waals surface area contributed by atoms with Crippen molar-refractivity contribution in [3.63, 3.8) is 0 Å². The Morgan fingerprint density at radius 3 is 2.14 bits per heavy atom. The van der Waals surface area contributed by atoms with Crippen LogP contribution in [-0.4, -0.2) is 36.3 Å². The zero-order valence-corrected chi connectivity index (χ0v) is 13.9. The molecule has 120 valence electrons. The number of carbonyl (C=O) groups is 2. The smallest absolute Gasteiger partial charge is 0.229 e. The van der Waals surface area contributed by atoms with Crippen molar-refractivity contribution >= 4 is 11.8 Å². The molecule has 1 heterocycles. The van der Waals surface area contributed by atoms with E-state index in [1.807, 2.05) is 37.4 Å². The Balaban J connectivity index is 2.09. The summed E-state index contributed by atoms with van der Waals surface area (Å²) in [4.78, 5) is 26.3. The lowest BCUT2D eigenvalue weighted by atomic mass is 9.84. The number of imide groups is 1. The van der Waals surface area contributed by atoms with Gasteiger partial charge in [0.05, 0.1) is 0 Å². The van der Waals surface area contributed by atoms with Crippen molar-refractivity contribution in [1.29, 1.82) is 0 Å².